The van der Waals surface area contributed by atoms with Crippen molar-refractivity contribution in [1.29, 1.82) is 0 Å². The predicted molar refractivity (Wildman–Crippen MR) is 70.3 cm³/mol. The highest BCUT2D eigenvalue weighted by molar-refractivity contribution is 9.10. The highest BCUT2D eigenvalue weighted by Crippen LogP contribution is 2.29. The Morgan fingerprint density at radius 3 is 2.62 bits per heavy atom. The van der Waals surface area contributed by atoms with Crippen molar-refractivity contribution in [1.82, 2.24) is 5.32 Å². The van der Waals surface area contributed by atoms with Crippen LogP contribution in [0.5, 0.6) is 0 Å². The first-order valence-corrected chi connectivity index (χ1v) is 6.43. The van der Waals surface area contributed by atoms with Gasteiger partial charge in [-0.15, -0.1) is 0 Å². The Morgan fingerprint density at radius 1 is 1.38 bits per heavy atom. The van der Waals surface area contributed by atoms with E-state index in [-0.39, 0.29) is 11.2 Å². The van der Waals surface area contributed by atoms with Gasteiger partial charge < -0.3 is 5.32 Å². The molecule has 0 aliphatic rings. The second kappa shape index (κ2) is 5.78. The number of benzene rings is 1. The van der Waals surface area contributed by atoms with E-state index < -0.39 is 0 Å². The number of hydrogen-bond acceptors (Lipinski definition) is 1. The maximum absolute atomic E-state index is 13.1. The molecule has 1 aromatic rings. The summed E-state index contributed by atoms with van der Waals surface area (Å²) in [6.07, 6.45) is 1.04. The van der Waals surface area contributed by atoms with Crippen molar-refractivity contribution < 1.29 is 4.39 Å². The molecule has 90 valence electrons. The second-order valence-electron chi connectivity index (χ2n) is 4.62. The van der Waals surface area contributed by atoms with E-state index >= 15 is 0 Å². The average molecular weight is 288 g/mol. The van der Waals surface area contributed by atoms with Gasteiger partial charge in [0, 0.05) is 0 Å². The van der Waals surface area contributed by atoms with Crippen molar-refractivity contribution >= 4 is 15.9 Å². The van der Waals surface area contributed by atoms with Gasteiger partial charge in [-0.05, 0) is 58.6 Å². The predicted octanol–water partition coefficient (Wildman–Crippen LogP) is 3.87. The molecular weight excluding hydrogens is 269 g/mol. The van der Waals surface area contributed by atoms with E-state index in [1.807, 2.05) is 12.1 Å². The number of hydrogen-bond donors (Lipinski definition) is 1. The summed E-state index contributed by atoms with van der Waals surface area (Å²) in [6, 6.07) is 5.27. The van der Waals surface area contributed by atoms with Crippen LogP contribution in [-0.2, 0) is 5.41 Å². The summed E-state index contributed by atoms with van der Waals surface area (Å²) in [7, 11) is 0. The summed E-state index contributed by atoms with van der Waals surface area (Å²) >= 11 is 3.23. The monoisotopic (exact) mass is 287 g/mol. The van der Waals surface area contributed by atoms with E-state index in [4.69, 9.17) is 0 Å². The minimum absolute atomic E-state index is 0.0678. The first-order valence-electron chi connectivity index (χ1n) is 5.63. The molecule has 1 aromatic carbocycles. The van der Waals surface area contributed by atoms with Crippen molar-refractivity contribution in [2.24, 2.45) is 0 Å². The van der Waals surface area contributed by atoms with E-state index in [2.05, 4.69) is 42.0 Å². The van der Waals surface area contributed by atoms with E-state index in [1.54, 1.807) is 0 Å². The summed E-state index contributed by atoms with van der Waals surface area (Å²) in [5.74, 6) is -0.203. The van der Waals surface area contributed by atoms with Gasteiger partial charge in [0.1, 0.15) is 5.82 Å². The van der Waals surface area contributed by atoms with Crippen LogP contribution in [0.2, 0.25) is 0 Å². The molecule has 0 saturated heterocycles. The molecule has 0 saturated carbocycles. The van der Waals surface area contributed by atoms with E-state index in [0.29, 0.717) is 4.47 Å². The third kappa shape index (κ3) is 3.56. The Hall–Kier alpha value is -0.410. The normalized spacial score (nSPS) is 11.8. The number of rotatable bonds is 5. The molecule has 0 aliphatic carbocycles. The molecule has 3 heteroatoms. The van der Waals surface area contributed by atoms with E-state index in [9.17, 15) is 4.39 Å². The summed E-state index contributed by atoms with van der Waals surface area (Å²) < 4.78 is 13.7. The smallest absolute Gasteiger partial charge is 0.137 e. The largest absolute Gasteiger partial charge is 0.317 e. The van der Waals surface area contributed by atoms with Gasteiger partial charge in [0.25, 0.3) is 0 Å². The minimum atomic E-state index is -0.203. The molecule has 0 heterocycles. The molecule has 1 rings (SSSR count). The van der Waals surface area contributed by atoms with Crippen LogP contribution in [-0.4, -0.2) is 13.1 Å². The van der Waals surface area contributed by atoms with Gasteiger partial charge in [-0.25, -0.2) is 4.39 Å². The van der Waals surface area contributed by atoms with E-state index in [0.717, 1.165) is 19.5 Å². The van der Waals surface area contributed by atoms with Gasteiger partial charge in [0.15, 0.2) is 0 Å². The van der Waals surface area contributed by atoms with Crippen LogP contribution in [0.1, 0.15) is 32.8 Å². The van der Waals surface area contributed by atoms with Crippen LogP contribution >= 0.6 is 15.9 Å². The zero-order valence-corrected chi connectivity index (χ0v) is 11.7. The Balaban J connectivity index is 2.76. The molecule has 0 bridgehead atoms. The average Bonchev–Trinajstić information content (AvgIpc) is 2.22. The molecule has 0 atom stereocenters. The number of nitrogens with one attached hydrogen (secondary N) is 1. The van der Waals surface area contributed by atoms with Gasteiger partial charge >= 0.3 is 0 Å². The molecular formula is C13H19BrFN. The Bertz CT molecular complexity index is 350. The summed E-state index contributed by atoms with van der Waals surface area (Å²) in [5, 5.41) is 3.31. The Kier molecular flexibility index (Phi) is 4.93. The Morgan fingerprint density at radius 2 is 2.06 bits per heavy atom. The third-order valence-corrected chi connectivity index (χ3v) is 3.49. The third-order valence-electron chi connectivity index (χ3n) is 2.88. The fourth-order valence-corrected chi connectivity index (χ4v) is 2.02. The van der Waals surface area contributed by atoms with Crippen molar-refractivity contribution in [2.45, 2.75) is 32.6 Å². The molecule has 1 N–H and O–H groups in total. The molecule has 0 aromatic heterocycles. The van der Waals surface area contributed by atoms with Crippen LogP contribution in [0.4, 0.5) is 4.39 Å². The lowest BCUT2D eigenvalue weighted by Crippen LogP contribution is -2.25. The molecule has 0 radical (unpaired) electrons. The van der Waals surface area contributed by atoms with Gasteiger partial charge in [-0.1, -0.05) is 26.8 Å². The lowest BCUT2D eigenvalue weighted by Gasteiger charge is -2.25. The quantitative estimate of drug-likeness (QED) is 0.811. The molecule has 0 fully saturated rings. The van der Waals surface area contributed by atoms with Crippen molar-refractivity contribution in [3.8, 4) is 0 Å². The van der Waals surface area contributed by atoms with Crippen molar-refractivity contribution in [2.75, 3.05) is 13.1 Å². The Labute approximate surface area is 106 Å². The lowest BCUT2D eigenvalue weighted by molar-refractivity contribution is 0.460. The zero-order valence-electron chi connectivity index (χ0n) is 10.1. The first-order chi connectivity index (χ1) is 7.47. The highest BCUT2D eigenvalue weighted by atomic mass is 79.9. The van der Waals surface area contributed by atoms with Crippen LogP contribution in [0.3, 0.4) is 0 Å². The zero-order chi connectivity index (χ0) is 12.2. The number of halogens is 2. The summed E-state index contributed by atoms with van der Waals surface area (Å²) in [5.41, 5.74) is 1.23. The van der Waals surface area contributed by atoms with Gasteiger partial charge in [0.2, 0.25) is 0 Å². The highest BCUT2D eigenvalue weighted by Gasteiger charge is 2.20. The summed E-state index contributed by atoms with van der Waals surface area (Å²) in [6.45, 7) is 8.44. The SMILES string of the molecule is CCNCCC(C)(C)c1ccc(F)c(Br)c1. The fraction of sp³-hybridized carbons (Fsp3) is 0.538. The lowest BCUT2D eigenvalue weighted by atomic mass is 9.81. The van der Waals surface area contributed by atoms with Crippen molar-refractivity contribution in [3.05, 3.63) is 34.1 Å². The molecule has 0 aliphatic heterocycles. The first kappa shape index (κ1) is 13.7. The summed E-state index contributed by atoms with van der Waals surface area (Å²) in [4.78, 5) is 0. The molecule has 0 amide bonds. The van der Waals surface area contributed by atoms with Crippen molar-refractivity contribution in [3.63, 3.8) is 0 Å². The van der Waals surface area contributed by atoms with Gasteiger partial charge in [-0.2, -0.15) is 0 Å². The second-order valence-corrected chi connectivity index (χ2v) is 5.47. The standard InChI is InChI=1S/C13H19BrFN/c1-4-16-8-7-13(2,3)10-5-6-12(15)11(14)9-10/h5-6,9,16H,4,7-8H2,1-3H3. The maximum atomic E-state index is 13.1. The van der Waals surface area contributed by atoms with Crippen LogP contribution < -0.4 is 5.32 Å². The van der Waals surface area contributed by atoms with Crippen LogP contribution in [0.25, 0.3) is 0 Å². The van der Waals surface area contributed by atoms with Gasteiger partial charge in [0.05, 0.1) is 4.47 Å². The topological polar surface area (TPSA) is 12.0 Å². The van der Waals surface area contributed by atoms with Gasteiger partial charge in [-0.3, -0.25) is 0 Å². The molecule has 16 heavy (non-hydrogen) atoms. The maximum Gasteiger partial charge on any atom is 0.137 e. The molecule has 0 unspecified atom stereocenters. The molecule has 1 nitrogen and oxygen atoms in total. The minimum Gasteiger partial charge on any atom is -0.317 e. The van der Waals surface area contributed by atoms with E-state index in [1.165, 1.54) is 11.6 Å². The molecule has 0 spiro atoms. The van der Waals surface area contributed by atoms with Crippen LogP contribution in [0, 0.1) is 5.82 Å². The fourth-order valence-electron chi connectivity index (χ4n) is 1.64. The van der Waals surface area contributed by atoms with Crippen LogP contribution in [0.15, 0.2) is 22.7 Å².